The van der Waals surface area contributed by atoms with Crippen molar-refractivity contribution in [2.24, 2.45) is 5.73 Å². The van der Waals surface area contributed by atoms with Gasteiger partial charge in [-0.05, 0) is 62.1 Å². The number of allylic oxidation sites excluding steroid dienone is 1. The molecule has 4 N–H and O–H groups in total. The Kier molecular flexibility index (Phi) is 4.90. The summed E-state index contributed by atoms with van der Waals surface area (Å²) < 4.78 is 7.71. The van der Waals surface area contributed by atoms with Gasteiger partial charge in [-0.25, -0.2) is 0 Å². The molecule has 0 unspecified atom stereocenters. The zero-order chi connectivity index (χ0) is 21.6. The number of anilines is 1. The van der Waals surface area contributed by atoms with Crippen LogP contribution in [0.1, 0.15) is 36.5 Å². The molecule has 0 radical (unpaired) electrons. The summed E-state index contributed by atoms with van der Waals surface area (Å²) in [5, 5.41) is 3.77. The summed E-state index contributed by atoms with van der Waals surface area (Å²) in [7, 11) is 1.68. The third-order valence-corrected chi connectivity index (χ3v) is 5.88. The van der Waals surface area contributed by atoms with E-state index in [-0.39, 0.29) is 0 Å². The quantitative estimate of drug-likeness (QED) is 0.708. The Balaban J connectivity index is 2.34. The van der Waals surface area contributed by atoms with Gasteiger partial charge in [-0.1, -0.05) is 18.7 Å². The SMILES string of the molecule is C=c1ccnc/c1=c1/c(=C\C)c(C(N)=C2CC2)c(N)n1-c1c(C)ccc(OC)c1C. The standard InChI is InChI=1S/C25H28N4O/c1-6-18-21(22(26)17-8-9-17)25(27)29(24(18)19-13-28-12-11-14(19)2)23-15(3)7-10-20(30-5)16(23)4/h6-7,10-13H,2,8-9,26-27H2,1,3-5H3/b18-6-,24-19+. The van der Waals surface area contributed by atoms with E-state index in [0.717, 1.165) is 67.7 Å². The van der Waals surface area contributed by atoms with Crippen LogP contribution < -0.4 is 26.6 Å². The summed E-state index contributed by atoms with van der Waals surface area (Å²) >= 11 is 0. The van der Waals surface area contributed by atoms with Crippen LogP contribution in [-0.4, -0.2) is 16.7 Å². The molecule has 2 aromatic heterocycles. The highest BCUT2D eigenvalue weighted by Gasteiger charge is 2.24. The number of nitrogen functional groups attached to an aromatic ring is 1. The topological polar surface area (TPSA) is 79.1 Å². The Hall–Kier alpha value is -3.47. The van der Waals surface area contributed by atoms with Gasteiger partial charge in [0.05, 0.1) is 18.1 Å². The lowest BCUT2D eigenvalue weighted by Gasteiger charge is -2.17. The van der Waals surface area contributed by atoms with E-state index in [1.54, 1.807) is 13.3 Å². The van der Waals surface area contributed by atoms with Crippen molar-refractivity contribution < 1.29 is 4.74 Å². The Morgan fingerprint density at radius 2 is 1.97 bits per heavy atom. The molecule has 0 aliphatic heterocycles. The summed E-state index contributed by atoms with van der Waals surface area (Å²) in [4.78, 5) is 4.37. The van der Waals surface area contributed by atoms with Crippen LogP contribution in [0.15, 0.2) is 36.2 Å². The molecule has 1 saturated carbocycles. The predicted octanol–water partition coefficient (Wildman–Crippen LogP) is 3.04. The number of nitrogens with two attached hydrogens (primary N) is 2. The van der Waals surface area contributed by atoms with Crippen molar-refractivity contribution in [3.8, 4) is 11.4 Å². The minimum Gasteiger partial charge on any atom is -0.496 e. The Morgan fingerprint density at radius 3 is 2.57 bits per heavy atom. The number of rotatable bonds is 3. The maximum absolute atomic E-state index is 6.84. The summed E-state index contributed by atoms with van der Waals surface area (Å²) in [5.74, 6) is 1.44. The number of benzene rings is 1. The monoisotopic (exact) mass is 400 g/mol. The van der Waals surface area contributed by atoms with Crippen molar-refractivity contribution >= 4 is 24.2 Å². The first-order valence-corrected chi connectivity index (χ1v) is 10.1. The molecule has 154 valence electrons. The number of hydrogen-bond donors (Lipinski definition) is 2. The van der Waals surface area contributed by atoms with E-state index in [1.165, 1.54) is 5.57 Å². The number of ether oxygens (including phenoxy) is 1. The fourth-order valence-corrected chi connectivity index (χ4v) is 4.20. The molecule has 1 aromatic carbocycles. The minimum atomic E-state index is 0.623. The van der Waals surface area contributed by atoms with Gasteiger partial charge in [0.15, 0.2) is 0 Å². The molecule has 5 nitrogen and oxygen atoms in total. The van der Waals surface area contributed by atoms with Gasteiger partial charge in [0.2, 0.25) is 0 Å². The first-order valence-electron chi connectivity index (χ1n) is 10.1. The van der Waals surface area contributed by atoms with E-state index in [0.29, 0.717) is 5.82 Å². The predicted molar refractivity (Wildman–Crippen MR) is 123 cm³/mol. The maximum Gasteiger partial charge on any atom is 0.123 e. The number of methoxy groups -OCH3 is 1. The Labute approximate surface area is 176 Å². The summed E-state index contributed by atoms with van der Waals surface area (Å²) in [6, 6.07) is 5.95. The van der Waals surface area contributed by atoms with Crippen LogP contribution >= 0.6 is 0 Å². The third-order valence-electron chi connectivity index (χ3n) is 5.88. The van der Waals surface area contributed by atoms with Gasteiger partial charge in [0, 0.05) is 39.7 Å². The Bertz CT molecular complexity index is 1390. The highest BCUT2D eigenvalue weighted by Crippen LogP contribution is 2.36. The first-order chi connectivity index (χ1) is 14.4. The van der Waals surface area contributed by atoms with Crippen LogP contribution in [0.2, 0.25) is 0 Å². The number of aromatic nitrogens is 2. The van der Waals surface area contributed by atoms with E-state index < -0.39 is 0 Å². The maximum atomic E-state index is 6.84. The van der Waals surface area contributed by atoms with E-state index in [2.05, 4.69) is 42.1 Å². The van der Waals surface area contributed by atoms with E-state index >= 15 is 0 Å². The van der Waals surface area contributed by atoms with Gasteiger partial charge in [-0.2, -0.15) is 0 Å². The number of aryl methyl sites for hydroxylation is 1. The highest BCUT2D eigenvalue weighted by molar-refractivity contribution is 5.79. The molecule has 1 aliphatic carbocycles. The van der Waals surface area contributed by atoms with Gasteiger partial charge >= 0.3 is 0 Å². The Morgan fingerprint density at radius 1 is 1.23 bits per heavy atom. The molecule has 0 atom stereocenters. The van der Waals surface area contributed by atoms with Crippen molar-refractivity contribution in [1.29, 1.82) is 0 Å². The molecule has 4 rings (SSSR count). The molecule has 0 saturated heterocycles. The fraction of sp³-hybridized carbons (Fsp3) is 0.240. The van der Waals surface area contributed by atoms with Crippen LogP contribution in [0.3, 0.4) is 0 Å². The van der Waals surface area contributed by atoms with Crippen molar-refractivity contribution in [3.63, 3.8) is 0 Å². The van der Waals surface area contributed by atoms with Crippen molar-refractivity contribution in [2.45, 2.75) is 33.6 Å². The van der Waals surface area contributed by atoms with Gasteiger partial charge in [0.1, 0.15) is 11.6 Å². The minimum absolute atomic E-state index is 0.623. The third kappa shape index (κ3) is 2.98. The second kappa shape index (κ2) is 7.41. The first kappa shape index (κ1) is 19.8. The zero-order valence-corrected chi connectivity index (χ0v) is 18.0. The summed E-state index contributed by atoms with van der Waals surface area (Å²) in [5.41, 5.74) is 19.5. The lowest BCUT2D eigenvalue weighted by molar-refractivity contribution is 0.411. The zero-order valence-electron chi connectivity index (χ0n) is 18.0. The second-order valence-electron chi connectivity index (χ2n) is 7.75. The molecule has 1 aliphatic rings. The van der Waals surface area contributed by atoms with E-state index in [4.69, 9.17) is 16.2 Å². The van der Waals surface area contributed by atoms with Gasteiger partial charge in [-0.15, -0.1) is 0 Å². The molecule has 1 fully saturated rings. The van der Waals surface area contributed by atoms with Crippen molar-refractivity contribution in [3.05, 3.63) is 73.9 Å². The smallest absolute Gasteiger partial charge is 0.123 e. The lowest BCUT2D eigenvalue weighted by atomic mass is 10.1. The molecular weight excluding hydrogens is 372 g/mol. The van der Waals surface area contributed by atoms with E-state index in [1.807, 2.05) is 25.3 Å². The summed E-state index contributed by atoms with van der Waals surface area (Å²) in [6.07, 6.45) is 7.72. The van der Waals surface area contributed by atoms with Crippen LogP contribution in [0.5, 0.6) is 5.75 Å². The molecular formula is C25H28N4O. The molecule has 3 aromatic rings. The largest absolute Gasteiger partial charge is 0.496 e. The van der Waals surface area contributed by atoms with Crippen molar-refractivity contribution in [2.75, 3.05) is 12.8 Å². The molecule has 0 amide bonds. The average molecular weight is 401 g/mol. The van der Waals surface area contributed by atoms with Crippen LogP contribution in [0.25, 0.3) is 24.0 Å². The van der Waals surface area contributed by atoms with E-state index in [9.17, 15) is 0 Å². The molecule has 5 heteroatoms. The highest BCUT2D eigenvalue weighted by atomic mass is 16.5. The number of nitrogens with zero attached hydrogens (tertiary/aromatic N) is 2. The molecule has 0 bridgehead atoms. The lowest BCUT2D eigenvalue weighted by Crippen LogP contribution is -2.14. The fourth-order valence-electron chi connectivity index (χ4n) is 4.20. The summed E-state index contributed by atoms with van der Waals surface area (Å²) in [6.45, 7) is 10.4. The van der Waals surface area contributed by atoms with Gasteiger partial charge < -0.3 is 16.2 Å². The molecule has 0 spiro atoms. The average Bonchev–Trinajstić information content (AvgIpc) is 3.54. The normalized spacial score (nSPS) is 14.8. The number of hydrogen-bond acceptors (Lipinski definition) is 4. The van der Waals surface area contributed by atoms with Crippen LogP contribution in [0, 0.1) is 24.4 Å². The number of pyridine rings is 1. The van der Waals surface area contributed by atoms with Gasteiger partial charge in [0.25, 0.3) is 0 Å². The molecule has 30 heavy (non-hydrogen) atoms. The molecule has 2 heterocycles. The van der Waals surface area contributed by atoms with Crippen molar-refractivity contribution in [1.82, 2.24) is 9.55 Å². The van der Waals surface area contributed by atoms with Crippen LogP contribution in [0.4, 0.5) is 5.82 Å². The van der Waals surface area contributed by atoms with Gasteiger partial charge in [-0.3, -0.25) is 9.55 Å². The van der Waals surface area contributed by atoms with Crippen LogP contribution in [-0.2, 0) is 0 Å². The second-order valence-corrected chi connectivity index (χ2v) is 7.75.